The van der Waals surface area contributed by atoms with E-state index in [2.05, 4.69) is 27.9 Å². The lowest BCUT2D eigenvalue weighted by Gasteiger charge is -2.29. The van der Waals surface area contributed by atoms with Gasteiger partial charge in [0.2, 0.25) is 0 Å². The van der Waals surface area contributed by atoms with Crippen LogP contribution in [0.4, 0.5) is 0 Å². The third-order valence-electron chi connectivity index (χ3n) is 5.51. The molecule has 0 fully saturated rings. The Kier molecular flexibility index (Phi) is 6.52. The minimum Gasteiger partial charge on any atom is -0.396 e. The Hall–Kier alpha value is -2.18. The van der Waals surface area contributed by atoms with Crippen molar-refractivity contribution < 1.29 is 9.90 Å². The molecule has 0 aliphatic heterocycles. The Morgan fingerprint density at radius 3 is 2.79 bits per heavy atom. The minimum atomic E-state index is -0.146. The second kappa shape index (κ2) is 8.88. The van der Waals surface area contributed by atoms with Gasteiger partial charge in [-0.2, -0.15) is 5.10 Å². The van der Waals surface area contributed by atoms with E-state index in [9.17, 15) is 9.90 Å². The topological polar surface area (TPSA) is 79.2 Å². The number of nitrogens with zero attached hydrogens (tertiary/aromatic N) is 2. The number of amides is 1. The number of hydrogen-bond acceptors (Lipinski definition) is 4. The van der Waals surface area contributed by atoms with Gasteiger partial charge in [-0.15, -0.1) is 0 Å². The van der Waals surface area contributed by atoms with Gasteiger partial charge in [0.25, 0.3) is 5.91 Å². The van der Waals surface area contributed by atoms with Crippen LogP contribution < -0.4 is 10.6 Å². The summed E-state index contributed by atoms with van der Waals surface area (Å²) in [4.78, 5) is 12.7. The van der Waals surface area contributed by atoms with E-state index in [1.807, 2.05) is 43.8 Å². The van der Waals surface area contributed by atoms with Crippen molar-refractivity contribution in [1.82, 2.24) is 20.4 Å². The Labute approximate surface area is 167 Å². The second-order valence-corrected chi connectivity index (χ2v) is 8.53. The monoisotopic (exact) mass is 384 g/mol. The fourth-order valence-corrected chi connectivity index (χ4v) is 3.67. The van der Waals surface area contributed by atoms with Crippen molar-refractivity contribution in [3.05, 3.63) is 52.8 Å². The van der Waals surface area contributed by atoms with Crippen molar-refractivity contribution >= 4 is 5.91 Å². The molecular weight excluding hydrogens is 352 g/mol. The number of carbonyl (C=O) groups excluding carboxylic acids is 1. The molecule has 2 aromatic rings. The summed E-state index contributed by atoms with van der Waals surface area (Å²) < 4.78 is 1.86. The number of aryl methyl sites for hydroxylation is 1. The highest BCUT2D eigenvalue weighted by Gasteiger charge is 2.29. The molecule has 0 spiro atoms. The molecule has 1 aliphatic carbocycles. The lowest BCUT2D eigenvalue weighted by Crippen LogP contribution is -2.42. The highest BCUT2D eigenvalue weighted by Crippen LogP contribution is 2.25. The number of carbonyl (C=O) groups is 1. The molecular formula is C22H32N4O2. The van der Waals surface area contributed by atoms with E-state index in [0.717, 1.165) is 43.5 Å². The summed E-state index contributed by atoms with van der Waals surface area (Å²) in [6, 6.07) is 10.5. The van der Waals surface area contributed by atoms with E-state index in [1.165, 1.54) is 5.56 Å². The Balaban J connectivity index is 1.61. The number of benzene rings is 1. The van der Waals surface area contributed by atoms with Crippen molar-refractivity contribution in [2.75, 3.05) is 19.7 Å². The van der Waals surface area contributed by atoms with Gasteiger partial charge in [0.1, 0.15) is 0 Å². The van der Waals surface area contributed by atoms with E-state index in [4.69, 9.17) is 0 Å². The van der Waals surface area contributed by atoms with Gasteiger partial charge < -0.3 is 15.7 Å². The van der Waals surface area contributed by atoms with E-state index >= 15 is 0 Å². The van der Waals surface area contributed by atoms with Crippen LogP contribution >= 0.6 is 0 Å². The zero-order valence-corrected chi connectivity index (χ0v) is 17.2. The number of aliphatic hydroxyl groups is 1. The molecule has 1 unspecified atom stereocenters. The lowest BCUT2D eigenvalue weighted by atomic mass is 9.89. The quantitative estimate of drug-likeness (QED) is 0.649. The molecule has 1 aromatic carbocycles. The molecule has 0 bridgehead atoms. The fourth-order valence-electron chi connectivity index (χ4n) is 3.67. The van der Waals surface area contributed by atoms with Crippen molar-refractivity contribution in [3.63, 3.8) is 0 Å². The molecule has 0 saturated heterocycles. The summed E-state index contributed by atoms with van der Waals surface area (Å²) in [6.07, 6.45) is 3.53. The van der Waals surface area contributed by atoms with Crippen LogP contribution in [0.2, 0.25) is 0 Å². The van der Waals surface area contributed by atoms with E-state index < -0.39 is 0 Å². The van der Waals surface area contributed by atoms with Crippen LogP contribution in [0, 0.1) is 5.41 Å². The Morgan fingerprint density at radius 1 is 1.32 bits per heavy atom. The average molecular weight is 385 g/mol. The maximum Gasteiger partial charge on any atom is 0.272 e. The SMILES string of the molecule is Cn1nc(C(=O)NCCc2ccccc2)c2c1CCC(NCC(C)(C)CO)C2. The van der Waals surface area contributed by atoms with Crippen molar-refractivity contribution in [3.8, 4) is 0 Å². The Bertz CT molecular complexity index is 798. The van der Waals surface area contributed by atoms with E-state index in [0.29, 0.717) is 18.3 Å². The van der Waals surface area contributed by atoms with Gasteiger partial charge in [-0.1, -0.05) is 44.2 Å². The average Bonchev–Trinajstić information content (AvgIpc) is 3.03. The standard InChI is InChI=1S/C22H32N4O2/c1-22(2,15-27)14-24-17-9-10-19-18(13-17)20(25-26(19)3)21(28)23-12-11-16-7-5-4-6-8-16/h4-8,17,24,27H,9-15H2,1-3H3,(H,23,28). The molecule has 1 aromatic heterocycles. The molecule has 0 radical (unpaired) electrons. The molecule has 1 atom stereocenters. The predicted molar refractivity (Wildman–Crippen MR) is 110 cm³/mol. The molecule has 152 valence electrons. The van der Waals surface area contributed by atoms with Crippen LogP contribution in [-0.2, 0) is 26.3 Å². The number of aromatic nitrogens is 2. The summed E-state index contributed by atoms with van der Waals surface area (Å²) in [5.41, 5.74) is 3.84. The zero-order chi connectivity index (χ0) is 20.1. The van der Waals surface area contributed by atoms with E-state index in [1.54, 1.807) is 0 Å². The maximum absolute atomic E-state index is 12.7. The predicted octanol–water partition coefficient (Wildman–Crippen LogP) is 1.86. The molecule has 1 amide bonds. The molecule has 6 nitrogen and oxygen atoms in total. The first-order valence-electron chi connectivity index (χ1n) is 10.1. The second-order valence-electron chi connectivity index (χ2n) is 8.53. The highest BCUT2D eigenvalue weighted by molar-refractivity contribution is 5.94. The fraction of sp³-hybridized carbons (Fsp3) is 0.545. The number of fused-ring (bicyclic) bond motifs is 1. The lowest BCUT2D eigenvalue weighted by molar-refractivity contribution is 0.0947. The van der Waals surface area contributed by atoms with Crippen molar-refractivity contribution in [2.45, 2.75) is 45.6 Å². The minimum absolute atomic E-state index is 0.0934. The van der Waals surface area contributed by atoms with Crippen molar-refractivity contribution in [1.29, 1.82) is 0 Å². The van der Waals surface area contributed by atoms with E-state index in [-0.39, 0.29) is 17.9 Å². The largest absolute Gasteiger partial charge is 0.396 e. The zero-order valence-electron chi connectivity index (χ0n) is 17.2. The van der Waals surface area contributed by atoms with Crippen LogP contribution in [0.15, 0.2) is 30.3 Å². The van der Waals surface area contributed by atoms with Crippen LogP contribution in [-0.4, -0.2) is 46.5 Å². The molecule has 1 aliphatic rings. The van der Waals surface area contributed by atoms with Gasteiger partial charge in [-0.25, -0.2) is 0 Å². The van der Waals surface area contributed by atoms with Gasteiger partial charge in [0, 0.05) is 49.5 Å². The van der Waals surface area contributed by atoms with Gasteiger partial charge in [0.15, 0.2) is 5.69 Å². The summed E-state index contributed by atoms with van der Waals surface area (Å²) >= 11 is 0. The molecule has 3 N–H and O–H groups in total. The first kappa shape index (κ1) is 20.6. The van der Waals surface area contributed by atoms with Crippen LogP contribution in [0.3, 0.4) is 0 Å². The normalized spacial score (nSPS) is 16.6. The summed E-state index contributed by atoms with van der Waals surface area (Å²) in [5.74, 6) is -0.0934. The maximum atomic E-state index is 12.7. The van der Waals surface area contributed by atoms with Crippen LogP contribution in [0.1, 0.15) is 47.6 Å². The number of hydrogen-bond donors (Lipinski definition) is 3. The molecule has 0 saturated carbocycles. The molecule has 6 heteroatoms. The van der Waals surface area contributed by atoms with Gasteiger partial charge in [-0.3, -0.25) is 9.48 Å². The smallest absolute Gasteiger partial charge is 0.272 e. The number of rotatable bonds is 8. The number of aliphatic hydroxyl groups excluding tert-OH is 1. The molecule has 1 heterocycles. The van der Waals surface area contributed by atoms with Crippen LogP contribution in [0.5, 0.6) is 0 Å². The van der Waals surface area contributed by atoms with Crippen molar-refractivity contribution in [2.24, 2.45) is 12.5 Å². The number of nitrogens with one attached hydrogen (secondary N) is 2. The highest BCUT2D eigenvalue weighted by atomic mass is 16.3. The third-order valence-corrected chi connectivity index (χ3v) is 5.51. The third kappa shape index (κ3) is 5.00. The summed E-state index contributed by atoms with van der Waals surface area (Å²) in [7, 11) is 1.92. The van der Waals surface area contributed by atoms with Gasteiger partial charge in [0.05, 0.1) is 0 Å². The Morgan fingerprint density at radius 2 is 2.07 bits per heavy atom. The first-order chi connectivity index (χ1) is 13.4. The molecule has 3 rings (SSSR count). The van der Waals surface area contributed by atoms with Crippen LogP contribution in [0.25, 0.3) is 0 Å². The first-order valence-corrected chi connectivity index (χ1v) is 10.1. The van der Waals surface area contributed by atoms with Gasteiger partial charge >= 0.3 is 0 Å². The summed E-state index contributed by atoms with van der Waals surface area (Å²) in [5, 5.41) is 20.6. The van der Waals surface area contributed by atoms with Gasteiger partial charge in [-0.05, 0) is 31.2 Å². The molecule has 28 heavy (non-hydrogen) atoms. The summed E-state index contributed by atoms with van der Waals surface area (Å²) in [6.45, 7) is 5.59.